The van der Waals surface area contributed by atoms with Crippen molar-refractivity contribution in [3.63, 3.8) is 0 Å². The first kappa shape index (κ1) is 15.1. The second-order valence-electron chi connectivity index (χ2n) is 5.70. The van der Waals surface area contributed by atoms with Crippen LogP contribution in [0.2, 0.25) is 0 Å². The molecule has 0 amide bonds. The molecule has 0 spiro atoms. The van der Waals surface area contributed by atoms with Gasteiger partial charge in [-0.2, -0.15) is 5.10 Å². The zero-order valence-electron chi connectivity index (χ0n) is 13.0. The number of rotatable bonds is 3. The molecule has 1 aliphatic rings. The molecule has 1 aromatic carbocycles. The van der Waals surface area contributed by atoms with Gasteiger partial charge in [-0.25, -0.2) is 8.42 Å². The second kappa shape index (κ2) is 5.40. The zero-order chi connectivity index (χ0) is 15.9. The number of anilines is 1. The van der Waals surface area contributed by atoms with Gasteiger partial charge in [0.05, 0.1) is 10.6 Å². The first-order chi connectivity index (χ1) is 10.4. The SMILES string of the molecule is Cc1ccc(S(=O)(=O)Nc2c3c(nn2C)CCNC3)c(C)c1. The largest absolute Gasteiger partial charge is 0.312 e. The highest BCUT2D eigenvalue weighted by molar-refractivity contribution is 7.92. The van der Waals surface area contributed by atoms with E-state index in [4.69, 9.17) is 0 Å². The third-order valence-corrected chi connectivity index (χ3v) is 5.42. The molecule has 2 aromatic rings. The van der Waals surface area contributed by atoms with Crippen LogP contribution in [0.4, 0.5) is 5.82 Å². The van der Waals surface area contributed by atoms with E-state index in [1.165, 1.54) is 0 Å². The standard InChI is InChI=1S/C15H20N4O2S/c1-10-4-5-14(11(2)8-10)22(20,21)18-15-12-9-16-7-6-13(12)17-19(15)3/h4-5,8,16,18H,6-7,9H2,1-3H3. The number of nitrogens with one attached hydrogen (secondary N) is 2. The Morgan fingerprint density at radius 1 is 1.32 bits per heavy atom. The van der Waals surface area contributed by atoms with E-state index in [-0.39, 0.29) is 0 Å². The summed E-state index contributed by atoms with van der Waals surface area (Å²) in [4.78, 5) is 0.303. The highest BCUT2D eigenvalue weighted by atomic mass is 32.2. The third-order valence-electron chi connectivity index (χ3n) is 3.92. The summed E-state index contributed by atoms with van der Waals surface area (Å²) < 4.78 is 29.7. The van der Waals surface area contributed by atoms with Crippen LogP contribution in [0.25, 0.3) is 0 Å². The van der Waals surface area contributed by atoms with E-state index < -0.39 is 10.0 Å². The van der Waals surface area contributed by atoms with Gasteiger partial charge in [0.1, 0.15) is 5.82 Å². The predicted molar refractivity (Wildman–Crippen MR) is 85.3 cm³/mol. The van der Waals surface area contributed by atoms with E-state index in [9.17, 15) is 8.42 Å². The lowest BCUT2D eigenvalue weighted by Gasteiger charge is -2.15. The van der Waals surface area contributed by atoms with Crippen molar-refractivity contribution in [1.82, 2.24) is 15.1 Å². The van der Waals surface area contributed by atoms with E-state index >= 15 is 0 Å². The number of nitrogens with zero attached hydrogens (tertiary/aromatic N) is 2. The molecule has 7 heteroatoms. The van der Waals surface area contributed by atoms with Gasteiger partial charge in [0.25, 0.3) is 10.0 Å². The molecule has 2 heterocycles. The molecule has 3 rings (SSSR count). The Morgan fingerprint density at radius 3 is 2.82 bits per heavy atom. The van der Waals surface area contributed by atoms with Crippen molar-refractivity contribution in [3.8, 4) is 0 Å². The molecule has 0 bridgehead atoms. The van der Waals surface area contributed by atoms with Gasteiger partial charge in [-0.3, -0.25) is 9.40 Å². The number of hydrogen-bond donors (Lipinski definition) is 2. The molecule has 0 radical (unpaired) electrons. The normalized spacial score (nSPS) is 14.7. The average Bonchev–Trinajstić information content (AvgIpc) is 2.74. The van der Waals surface area contributed by atoms with E-state index in [0.717, 1.165) is 35.3 Å². The fourth-order valence-electron chi connectivity index (χ4n) is 2.84. The Hall–Kier alpha value is -1.86. The van der Waals surface area contributed by atoms with Crippen molar-refractivity contribution < 1.29 is 8.42 Å². The second-order valence-corrected chi connectivity index (χ2v) is 7.35. The van der Waals surface area contributed by atoms with Crippen LogP contribution in [0.5, 0.6) is 0 Å². The Kier molecular flexibility index (Phi) is 3.70. The summed E-state index contributed by atoms with van der Waals surface area (Å²) in [6, 6.07) is 5.32. The van der Waals surface area contributed by atoms with Crippen LogP contribution in [0.1, 0.15) is 22.4 Å². The van der Waals surface area contributed by atoms with Crippen molar-refractivity contribution in [2.75, 3.05) is 11.3 Å². The molecular formula is C15H20N4O2S. The number of benzene rings is 1. The molecule has 0 saturated carbocycles. The van der Waals surface area contributed by atoms with Crippen LogP contribution in [0, 0.1) is 13.8 Å². The number of aryl methyl sites for hydroxylation is 3. The summed E-state index contributed by atoms with van der Waals surface area (Å²) in [5, 5.41) is 7.67. The predicted octanol–water partition coefficient (Wildman–Crippen LogP) is 1.48. The van der Waals surface area contributed by atoms with Crippen molar-refractivity contribution in [2.45, 2.75) is 31.7 Å². The number of hydrogen-bond acceptors (Lipinski definition) is 4. The van der Waals surface area contributed by atoms with E-state index in [0.29, 0.717) is 17.3 Å². The summed E-state index contributed by atoms with van der Waals surface area (Å²) in [6.07, 6.45) is 0.814. The van der Waals surface area contributed by atoms with Crippen LogP contribution in [0.3, 0.4) is 0 Å². The number of sulfonamides is 1. The molecule has 6 nitrogen and oxygen atoms in total. The van der Waals surface area contributed by atoms with Gasteiger partial charge in [0, 0.05) is 32.1 Å². The lowest BCUT2D eigenvalue weighted by Crippen LogP contribution is -2.24. The van der Waals surface area contributed by atoms with E-state index in [2.05, 4.69) is 15.1 Å². The molecule has 1 aliphatic heterocycles. The van der Waals surface area contributed by atoms with Crippen molar-refractivity contribution >= 4 is 15.8 Å². The Bertz CT molecular complexity index is 824. The van der Waals surface area contributed by atoms with Crippen molar-refractivity contribution in [3.05, 3.63) is 40.6 Å². The van der Waals surface area contributed by atoms with E-state index in [1.54, 1.807) is 17.8 Å². The van der Waals surface area contributed by atoms with Gasteiger partial charge in [-0.15, -0.1) is 0 Å². The Balaban J connectivity index is 2.00. The summed E-state index contributed by atoms with van der Waals surface area (Å²) in [5.41, 5.74) is 3.67. The molecule has 118 valence electrons. The minimum atomic E-state index is -3.63. The van der Waals surface area contributed by atoms with Crippen LogP contribution < -0.4 is 10.0 Å². The lowest BCUT2D eigenvalue weighted by atomic mass is 10.1. The minimum absolute atomic E-state index is 0.303. The molecule has 0 saturated heterocycles. The van der Waals surface area contributed by atoms with Crippen LogP contribution in [0.15, 0.2) is 23.1 Å². The first-order valence-corrected chi connectivity index (χ1v) is 8.72. The fraction of sp³-hybridized carbons (Fsp3) is 0.400. The Morgan fingerprint density at radius 2 is 2.09 bits per heavy atom. The summed E-state index contributed by atoms with van der Waals surface area (Å²) in [5.74, 6) is 0.544. The number of fused-ring (bicyclic) bond motifs is 1. The molecule has 2 N–H and O–H groups in total. The quantitative estimate of drug-likeness (QED) is 0.898. The van der Waals surface area contributed by atoms with Crippen LogP contribution >= 0.6 is 0 Å². The molecule has 0 unspecified atom stereocenters. The van der Waals surface area contributed by atoms with Gasteiger partial charge in [-0.05, 0) is 25.5 Å². The van der Waals surface area contributed by atoms with Crippen molar-refractivity contribution in [2.24, 2.45) is 7.05 Å². The average molecular weight is 320 g/mol. The van der Waals surface area contributed by atoms with Gasteiger partial charge in [0.2, 0.25) is 0 Å². The van der Waals surface area contributed by atoms with Crippen LogP contribution in [-0.4, -0.2) is 24.7 Å². The monoisotopic (exact) mass is 320 g/mol. The maximum atomic E-state index is 12.7. The topological polar surface area (TPSA) is 76.0 Å². The summed E-state index contributed by atoms with van der Waals surface area (Å²) in [7, 11) is -1.86. The molecule has 22 heavy (non-hydrogen) atoms. The highest BCUT2D eigenvalue weighted by Crippen LogP contribution is 2.26. The highest BCUT2D eigenvalue weighted by Gasteiger charge is 2.24. The van der Waals surface area contributed by atoms with Crippen molar-refractivity contribution in [1.29, 1.82) is 0 Å². The van der Waals surface area contributed by atoms with Crippen LogP contribution in [-0.2, 0) is 30.0 Å². The third kappa shape index (κ3) is 2.62. The zero-order valence-corrected chi connectivity index (χ0v) is 13.8. The molecule has 0 atom stereocenters. The summed E-state index contributed by atoms with van der Waals surface area (Å²) >= 11 is 0. The first-order valence-electron chi connectivity index (χ1n) is 7.24. The Labute approximate surface area is 130 Å². The molecular weight excluding hydrogens is 300 g/mol. The number of aromatic nitrogens is 2. The van der Waals surface area contributed by atoms with Gasteiger partial charge in [0.15, 0.2) is 0 Å². The fourth-order valence-corrected chi connectivity index (χ4v) is 4.19. The van der Waals surface area contributed by atoms with Gasteiger partial charge in [-0.1, -0.05) is 17.7 Å². The minimum Gasteiger partial charge on any atom is -0.312 e. The molecule has 1 aromatic heterocycles. The lowest BCUT2D eigenvalue weighted by molar-refractivity contribution is 0.599. The van der Waals surface area contributed by atoms with Gasteiger partial charge >= 0.3 is 0 Å². The molecule has 0 aliphatic carbocycles. The summed E-state index contributed by atoms with van der Waals surface area (Å²) in [6.45, 7) is 5.25. The maximum Gasteiger partial charge on any atom is 0.263 e. The maximum absolute atomic E-state index is 12.7. The van der Waals surface area contributed by atoms with E-state index in [1.807, 2.05) is 26.0 Å². The van der Waals surface area contributed by atoms with Gasteiger partial charge < -0.3 is 5.32 Å². The smallest absolute Gasteiger partial charge is 0.263 e. The molecule has 0 fully saturated rings.